The van der Waals surface area contributed by atoms with Crippen molar-refractivity contribution in [1.82, 2.24) is 4.90 Å². The number of hydrogen-bond donors (Lipinski definition) is 1. The molecule has 0 fully saturated rings. The molecular weight excluding hydrogens is 226 g/mol. The number of benzene rings is 1. The van der Waals surface area contributed by atoms with Crippen LogP contribution in [0.4, 0.5) is 0 Å². The van der Waals surface area contributed by atoms with Gasteiger partial charge in [-0.2, -0.15) is 0 Å². The van der Waals surface area contributed by atoms with Gasteiger partial charge in [0.2, 0.25) is 5.91 Å². The Morgan fingerprint density at radius 3 is 2.56 bits per heavy atom. The summed E-state index contributed by atoms with van der Waals surface area (Å²) in [6, 6.07) is 6.28. The van der Waals surface area contributed by atoms with Crippen molar-refractivity contribution in [3.63, 3.8) is 0 Å². The number of amides is 1. The zero-order chi connectivity index (χ0) is 13.7. The SMILES string of the molecule is Cc1ccc(C)c(CC(=O)N(CCO)C(C)C)c1. The first-order valence-corrected chi connectivity index (χ1v) is 6.42. The largest absolute Gasteiger partial charge is 0.395 e. The van der Waals surface area contributed by atoms with Crippen LogP contribution in [-0.2, 0) is 11.2 Å². The quantitative estimate of drug-likeness (QED) is 0.868. The Labute approximate surface area is 109 Å². The lowest BCUT2D eigenvalue weighted by Crippen LogP contribution is -2.40. The molecule has 0 aliphatic carbocycles. The van der Waals surface area contributed by atoms with Crippen LogP contribution < -0.4 is 0 Å². The van der Waals surface area contributed by atoms with Crippen LogP contribution in [0.25, 0.3) is 0 Å². The number of hydrogen-bond acceptors (Lipinski definition) is 2. The van der Waals surface area contributed by atoms with Gasteiger partial charge in [0.25, 0.3) is 0 Å². The number of carbonyl (C=O) groups is 1. The number of rotatable bonds is 5. The molecule has 0 spiro atoms. The summed E-state index contributed by atoms with van der Waals surface area (Å²) >= 11 is 0. The lowest BCUT2D eigenvalue weighted by molar-refractivity contribution is -0.132. The van der Waals surface area contributed by atoms with Crippen LogP contribution in [0, 0.1) is 13.8 Å². The molecule has 0 bridgehead atoms. The number of aliphatic hydroxyl groups excluding tert-OH is 1. The average molecular weight is 249 g/mol. The van der Waals surface area contributed by atoms with Gasteiger partial charge in [-0.3, -0.25) is 4.79 Å². The van der Waals surface area contributed by atoms with E-state index in [-0.39, 0.29) is 18.6 Å². The molecule has 0 heterocycles. The van der Waals surface area contributed by atoms with Crippen LogP contribution in [0.3, 0.4) is 0 Å². The highest BCUT2D eigenvalue weighted by Gasteiger charge is 2.17. The Kier molecular flexibility index (Phi) is 5.35. The first-order chi connectivity index (χ1) is 8.45. The summed E-state index contributed by atoms with van der Waals surface area (Å²) in [5.41, 5.74) is 3.38. The molecular formula is C15H23NO2. The first-order valence-electron chi connectivity index (χ1n) is 6.42. The maximum absolute atomic E-state index is 12.2. The molecule has 0 aliphatic rings. The van der Waals surface area contributed by atoms with Crippen molar-refractivity contribution in [2.75, 3.05) is 13.2 Å². The minimum atomic E-state index is 0.0106. The average Bonchev–Trinajstić information content (AvgIpc) is 2.30. The van der Waals surface area contributed by atoms with Crippen molar-refractivity contribution in [3.05, 3.63) is 34.9 Å². The molecule has 1 N–H and O–H groups in total. The molecule has 1 aromatic rings. The molecule has 3 nitrogen and oxygen atoms in total. The Balaban J connectivity index is 2.82. The predicted molar refractivity (Wildman–Crippen MR) is 73.6 cm³/mol. The maximum Gasteiger partial charge on any atom is 0.227 e. The lowest BCUT2D eigenvalue weighted by Gasteiger charge is -2.26. The van der Waals surface area contributed by atoms with E-state index in [2.05, 4.69) is 12.1 Å². The van der Waals surface area contributed by atoms with Gasteiger partial charge in [-0.25, -0.2) is 0 Å². The number of carbonyl (C=O) groups excluding carboxylic acids is 1. The van der Waals surface area contributed by atoms with Crippen LogP contribution in [0.5, 0.6) is 0 Å². The number of aliphatic hydroxyl groups is 1. The van der Waals surface area contributed by atoms with E-state index < -0.39 is 0 Å². The third-order valence-electron chi connectivity index (χ3n) is 3.13. The van der Waals surface area contributed by atoms with Gasteiger partial charge in [0.1, 0.15) is 0 Å². The second-order valence-corrected chi connectivity index (χ2v) is 5.01. The molecule has 0 radical (unpaired) electrons. The molecule has 1 aromatic carbocycles. The van der Waals surface area contributed by atoms with E-state index in [1.54, 1.807) is 4.90 Å². The van der Waals surface area contributed by atoms with Gasteiger partial charge in [-0.15, -0.1) is 0 Å². The minimum absolute atomic E-state index is 0.0106. The van der Waals surface area contributed by atoms with E-state index in [1.807, 2.05) is 33.8 Å². The van der Waals surface area contributed by atoms with Gasteiger partial charge in [0, 0.05) is 12.6 Å². The summed E-state index contributed by atoms with van der Waals surface area (Å²) in [6.07, 6.45) is 0.408. The summed E-state index contributed by atoms with van der Waals surface area (Å²) in [4.78, 5) is 13.9. The van der Waals surface area contributed by atoms with Gasteiger partial charge in [0.05, 0.1) is 13.0 Å². The fourth-order valence-corrected chi connectivity index (χ4v) is 2.03. The second-order valence-electron chi connectivity index (χ2n) is 5.01. The van der Waals surface area contributed by atoms with Crippen LogP contribution in [-0.4, -0.2) is 35.1 Å². The van der Waals surface area contributed by atoms with Crippen molar-refractivity contribution in [1.29, 1.82) is 0 Å². The zero-order valence-electron chi connectivity index (χ0n) is 11.7. The molecule has 3 heteroatoms. The third-order valence-corrected chi connectivity index (χ3v) is 3.13. The van der Waals surface area contributed by atoms with Gasteiger partial charge < -0.3 is 10.0 Å². The molecule has 0 aliphatic heterocycles. The Morgan fingerprint density at radius 2 is 2.00 bits per heavy atom. The summed E-state index contributed by atoms with van der Waals surface area (Å²) in [7, 11) is 0. The van der Waals surface area contributed by atoms with Gasteiger partial charge in [-0.05, 0) is 38.8 Å². The van der Waals surface area contributed by atoms with Gasteiger partial charge >= 0.3 is 0 Å². The molecule has 0 saturated heterocycles. The molecule has 0 aromatic heterocycles. The summed E-state index contributed by atoms with van der Waals surface area (Å²) < 4.78 is 0. The topological polar surface area (TPSA) is 40.5 Å². The molecule has 18 heavy (non-hydrogen) atoms. The monoisotopic (exact) mass is 249 g/mol. The van der Waals surface area contributed by atoms with Crippen molar-refractivity contribution in [2.24, 2.45) is 0 Å². The van der Waals surface area contributed by atoms with Crippen molar-refractivity contribution < 1.29 is 9.90 Å². The first kappa shape index (κ1) is 14.7. The van der Waals surface area contributed by atoms with E-state index in [0.29, 0.717) is 13.0 Å². The van der Waals surface area contributed by atoms with Crippen LogP contribution >= 0.6 is 0 Å². The number of aryl methyl sites for hydroxylation is 2. The van der Waals surface area contributed by atoms with E-state index >= 15 is 0 Å². The van der Waals surface area contributed by atoms with Crippen molar-refractivity contribution >= 4 is 5.91 Å². The van der Waals surface area contributed by atoms with Crippen LogP contribution in [0.2, 0.25) is 0 Å². The second kappa shape index (κ2) is 6.55. The fourth-order valence-electron chi connectivity index (χ4n) is 2.03. The van der Waals surface area contributed by atoms with E-state index in [9.17, 15) is 4.79 Å². The van der Waals surface area contributed by atoms with Gasteiger partial charge in [0.15, 0.2) is 0 Å². The molecule has 100 valence electrons. The lowest BCUT2D eigenvalue weighted by atomic mass is 10.0. The van der Waals surface area contributed by atoms with Crippen molar-refractivity contribution in [3.8, 4) is 0 Å². The maximum atomic E-state index is 12.2. The minimum Gasteiger partial charge on any atom is -0.395 e. The van der Waals surface area contributed by atoms with E-state index in [0.717, 1.165) is 11.1 Å². The standard InChI is InChI=1S/C15H23NO2/c1-11(2)16(7-8-17)15(18)10-14-9-12(3)5-6-13(14)4/h5-6,9,11,17H,7-8,10H2,1-4H3. The summed E-state index contributed by atoms with van der Waals surface area (Å²) in [5.74, 6) is 0.0766. The van der Waals surface area contributed by atoms with E-state index in [1.165, 1.54) is 5.56 Å². The predicted octanol–water partition coefficient (Wildman–Crippen LogP) is 2.08. The highest BCUT2D eigenvalue weighted by Crippen LogP contribution is 2.13. The van der Waals surface area contributed by atoms with Crippen LogP contribution in [0.1, 0.15) is 30.5 Å². The Morgan fingerprint density at radius 1 is 1.33 bits per heavy atom. The number of nitrogens with zero attached hydrogens (tertiary/aromatic N) is 1. The smallest absolute Gasteiger partial charge is 0.227 e. The fraction of sp³-hybridized carbons (Fsp3) is 0.533. The highest BCUT2D eigenvalue weighted by atomic mass is 16.3. The Bertz CT molecular complexity index is 413. The van der Waals surface area contributed by atoms with E-state index in [4.69, 9.17) is 5.11 Å². The summed E-state index contributed by atoms with van der Waals surface area (Å²) in [6.45, 7) is 8.40. The van der Waals surface area contributed by atoms with Gasteiger partial charge in [-0.1, -0.05) is 23.8 Å². The third kappa shape index (κ3) is 3.84. The normalized spacial score (nSPS) is 10.8. The van der Waals surface area contributed by atoms with Crippen LogP contribution in [0.15, 0.2) is 18.2 Å². The summed E-state index contributed by atoms with van der Waals surface area (Å²) in [5, 5.41) is 9.01. The zero-order valence-corrected chi connectivity index (χ0v) is 11.7. The molecule has 0 atom stereocenters. The molecule has 0 unspecified atom stereocenters. The highest BCUT2D eigenvalue weighted by molar-refractivity contribution is 5.79. The molecule has 0 saturated carbocycles. The Hall–Kier alpha value is -1.35. The van der Waals surface area contributed by atoms with Crippen molar-refractivity contribution in [2.45, 2.75) is 40.2 Å². The molecule has 1 rings (SSSR count). The molecule has 1 amide bonds.